The molecule has 0 saturated heterocycles. The second-order valence-electron chi connectivity index (χ2n) is 4.87. The van der Waals surface area contributed by atoms with Gasteiger partial charge in [0, 0.05) is 5.75 Å². The van der Waals surface area contributed by atoms with Crippen LogP contribution in [0.5, 0.6) is 5.75 Å². The van der Waals surface area contributed by atoms with Crippen LogP contribution in [0.2, 0.25) is 0 Å². The fourth-order valence-corrected chi connectivity index (χ4v) is 2.66. The van der Waals surface area contributed by atoms with Crippen LogP contribution in [-0.2, 0) is 10.5 Å². The van der Waals surface area contributed by atoms with Crippen LogP contribution >= 0.6 is 11.8 Å². The zero-order valence-electron chi connectivity index (χ0n) is 12.2. The fraction of sp³-hybridized carbons (Fsp3) is 0.176. The molecule has 0 aliphatic carbocycles. The minimum absolute atomic E-state index is 0.0745. The number of nitriles is 1. The largest absolute Gasteiger partial charge is 0.506 e. The van der Waals surface area contributed by atoms with E-state index in [-0.39, 0.29) is 11.7 Å². The van der Waals surface area contributed by atoms with Crippen molar-refractivity contribution in [1.82, 2.24) is 0 Å². The van der Waals surface area contributed by atoms with E-state index in [1.807, 2.05) is 25.1 Å². The van der Waals surface area contributed by atoms with Gasteiger partial charge in [-0.3, -0.25) is 4.79 Å². The summed E-state index contributed by atoms with van der Waals surface area (Å²) in [6, 6.07) is 14.5. The number of aryl methyl sites for hydroxylation is 1. The monoisotopic (exact) mass is 312 g/mol. The lowest BCUT2D eigenvalue weighted by molar-refractivity contribution is -0.113. The van der Waals surface area contributed by atoms with Crippen molar-refractivity contribution in [2.75, 3.05) is 11.1 Å². The maximum atomic E-state index is 11.9. The van der Waals surface area contributed by atoms with Crippen molar-refractivity contribution in [2.24, 2.45) is 0 Å². The van der Waals surface area contributed by atoms with E-state index >= 15 is 0 Å². The molecule has 0 aliphatic heterocycles. The molecule has 0 heterocycles. The molecule has 2 N–H and O–H groups in total. The number of phenolic OH excluding ortho intramolecular Hbond substituents is 1. The van der Waals surface area contributed by atoms with Gasteiger partial charge >= 0.3 is 0 Å². The Hall–Kier alpha value is -2.45. The molecule has 2 aromatic rings. The summed E-state index contributed by atoms with van der Waals surface area (Å²) in [5.74, 6) is 0.912. The number of hydrogen-bond donors (Lipinski definition) is 2. The molecular weight excluding hydrogens is 296 g/mol. The van der Waals surface area contributed by atoms with E-state index in [1.165, 1.54) is 11.8 Å². The standard InChI is InChI=1S/C17H16N2O2S/c1-12-2-7-15(16(20)8-12)19-17(21)11-22-10-14-5-3-13(9-18)4-6-14/h2-8,20H,10-11H2,1H3,(H,19,21). The summed E-state index contributed by atoms with van der Waals surface area (Å²) >= 11 is 1.48. The molecular formula is C17H16N2O2S. The molecule has 0 spiro atoms. The Kier molecular flexibility index (Phi) is 5.45. The molecule has 1 amide bonds. The molecule has 0 aromatic heterocycles. The predicted octanol–water partition coefficient (Wildman–Crippen LogP) is 3.44. The van der Waals surface area contributed by atoms with Gasteiger partial charge in [0.05, 0.1) is 23.1 Å². The van der Waals surface area contributed by atoms with E-state index in [2.05, 4.69) is 11.4 Å². The van der Waals surface area contributed by atoms with Gasteiger partial charge in [-0.1, -0.05) is 18.2 Å². The van der Waals surface area contributed by atoms with Crippen LogP contribution in [0.15, 0.2) is 42.5 Å². The Balaban J connectivity index is 1.81. The highest BCUT2D eigenvalue weighted by Gasteiger charge is 2.07. The first-order chi connectivity index (χ1) is 10.6. The Labute approximate surface area is 133 Å². The average Bonchev–Trinajstić information content (AvgIpc) is 2.51. The highest BCUT2D eigenvalue weighted by molar-refractivity contribution is 7.99. The number of benzene rings is 2. The summed E-state index contributed by atoms with van der Waals surface area (Å²) in [5, 5.41) is 21.2. The second kappa shape index (κ2) is 7.53. The second-order valence-corrected chi connectivity index (χ2v) is 5.86. The SMILES string of the molecule is Cc1ccc(NC(=O)CSCc2ccc(C#N)cc2)c(O)c1. The lowest BCUT2D eigenvalue weighted by Crippen LogP contribution is -2.14. The van der Waals surface area contributed by atoms with Gasteiger partial charge < -0.3 is 10.4 Å². The number of rotatable bonds is 5. The summed E-state index contributed by atoms with van der Waals surface area (Å²) in [6.07, 6.45) is 0. The number of phenols is 1. The lowest BCUT2D eigenvalue weighted by Gasteiger charge is -2.08. The number of hydrogen-bond acceptors (Lipinski definition) is 4. The van der Waals surface area contributed by atoms with Gasteiger partial charge in [-0.2, -0.15) is 5.26 Å². The van der Waals surface area contributed by atoms with Crippen LogP contribution in [0, 0.1) is 18.3 Å². The van der Waals surface area contributed by atoms with Gasteiger partial charge in [0.1, 0.15) is 5.75 Å². The van der Waals surface area contributed by atoms with Gasteiger partial charge in [-0.25, -0.2) is 0 Å². The normalized spacial score (nSPS) is 10.0. The molecule has 2 rings (SSSR count). The van der Waals surface area contributed by atoms with E-state index in [4.69, 9.17) is 5.26 Å². The van der Waals surface area contributed by atoms with Crippen LogP contribution in [0.3, 0.4) is 0 Å². The number of anilines is 1. The maximum Gasteiger partial charge on any atom is 0.234 e. The summed E-state index contributed by atoms with van der Waals surface area (Å²) < 4.78 is 0. The van der Waals surface area contributed by atoms with Crippen molar-refractivity contribution in [2.45, 2.75) is 12.7 Å². The predicted molar refractivity (Wildman–Crippen MR) is 88.8 cm³/mol. The topological polar surface area (TPSA) is 73.1 Å². The molecule has 2 aromatic carbocycles. The van der Waals surface area contributed by atoms with Crippen LogP contribution in [0.25, 0.3) is 0 Å². The minimum Gasteiger partial charge on any atom is -0.506 e. The Morgan fingerprint density at radius 3 is 2.64 bits per heavy atom. The zero-order valence-corrected chi connectivity index (χ0v) is 13.0. The van der Waals surface area contributed by atoms with E-state index in [9.17, 15) is 9.90 Å². The molecule has 0 radical (unpaired) electrons. The molecule has 0 bridgehead atoms. The fourth-order valence-electron chi connectivity index (χ4n) is 1.87. The van der Waals surface area contributed by atoms with Crippen molar-refractivity contribution in [3.63, 3.8) is 0 Å². The van der Waals surface area contributed by atoms with E-state index in [0.717, 1.165) is 11.1 Å². The van der Waals surface area contributed by atoms with Crippen LogP contribution in [0.4, 0.5) is 5.69 Å². The quantitative estimate of drug-likeness (QED) is 0.829. The Bertz CT molecular complexity index is 706. The third kappa shape index (κ3) is 4.54. The number of nitrogens with one attached hydrogen (secondary N) is 1. The summed E-state index contributed by atoms with van der Waals surface area (Å²) in [5.41, 5.74) is 3.05. The molecule has 0 saturated carbocycles. The van der Waals surface area contributed by atoms with Gasteiger partial charge in [0.2, 0.25) is 5.91 Å². The Morgan fingerprint density at radius 2 is 2.00 bits per heavy atom. The average molecular weight is 312 g/mol. The number of aromatic hydroxyl groups is 1. The number of thioether (sulfide) groups is 1. The van der Waals surface area contributed by atoms with Gasteiger partial charge in [-0.05, 0) is 42.3 Å². The molecule has 0 atom stereocenters. The van der Waals surface area contributed by atoms with Gasteiger partial charge in [-0.15, -0.1) is 11.8 Å². The van der Waals surface area contributed by atoms with Crippen molar-refractivity contribution >= 4 is 23.4 Å². The molecule has 22 heavy (non-hydrogen) atoms. The minimum atomic E-state index is -0.155. The maximum absolute atomic E-state index is 11.9. The highest BCUT2D eigenvalue weighted by atomic mass is 32.2. The number of nitrogens with zero attached hydrogens (tertiary/aromatic N) is 1. The number of carbonyl (C=O) groups is 1. The van der Waals surface area contributed by atoms with Crippen molar-refractivity contribution in [3.8, 4) is 11.8 Å². The highest BCUT2D eigenvalue weighted by Crippen LogP contribution is 2.24. The van der Waals surface area contributed by atoms with Gasteiger partial charge in [0.15, 0.2) is 0 Å². The molecule has 0 aliphatic rings. The van der Waals surface area contributed by atoms with E-state index in [0.29, 0.717) is 22.8 Å². The van der Waals surface area contributed by atoms with E-state index < -0.39 is 0 Å². The number of carbonyl (C=O) groups excluding carboxylic acids is 1. The molecule has 0 fully saturated rings. The smallest absolute Gasteiger partial charge is 0.234 e. The van der Waals surface area contributed by atoms with Gasteiger partial charge in [0.25, 0.3) is 0 Å². The summed E-state index contributed by atoms with van der Waals surface area (Å²) in [4.78, 5) is 11.9. The number of amides is 1. The molecule has 0 unspecified atom stereocenters. The van der Waals surface area contributed by atoms with E-state index in [1.54, 1.807) is 24.3 Å². The third-order valence-corrected chi connectivity index (χ3v) is 4.02. The third-order valence-electron chi connectivity index (χ3n) is 3.01. The zero-order chi connectivity index (χ0) is 15.9. The summed E-state index contributed by atoms with van der Waals surface area (Å²) in [7, 11) is 0. The van der Waals surface area contributed by atoms with Crippen LogP contribution in [-0.4, -0.2) is 16.8 Å². The van der Waals surface area contributed by atoms with Crippen molar-refractivity contribution < 1.29 is 9.90 Å². The van der Waals surface area contributed by atoms with Crippen molar-refractivity contribution in [1.29, 1.82) is 5.26 Å². The molecule has 5 heteroatoms. The first kappa shape index (κ1) is 15.9. The van der Waals surface area contributed by atoms with Crippen LogP contribution in [0.1, 0.15) is 16.7 Å². The lowest BCUT2D eigenvalue weighted by atomic mass is 10.2. The Morgan fingerprint density at radius 1 is 1.27 bits per heavy atom. The van der Waals surface area contributed by atoms with Crippen molar-refractivity contribution in [3.05, 3.63) is 59.2 Å². The molecule has 4 nitrogen and oxygen atoms in total. The first-order valence-electron chi connectivity index (χ1n) is 6.75. The first-order valence-corrected chi connectivity index (χ1v) is 7.90. The summed E-state index contributed by atoms with van der Waals surface area (Å²) in [6.45, 7) is 1.87. The van der Waals surface area contributed by atoms with Crippen LogP contribution < -0.4 is 5.32 Å². The molecule has 112 valence electrons.